The number of benzene rings is 2. The highest BCUT2D eigenvalue weighted by molar-refractivity contribution is 5.96. The molecule has 1 aliphatic carbocycles. The highest BCUT2D eigenvalue weighted by Gasteiger charge is 2.40. The Hall–Kier alpha value is -2.17. The average Bonchev–Trinajstić information content (AvgIpc) is 2.96. The molecule has 0 saturated carbocycles. The molecule has 1 amide bonds. The second kappa shape index (κ2) is 5.72. The first-order valence-electron chi connectivity index (χ1n) is 8.43. The van der Waals surface area contributed by atoms with Crippen LogP contribution in [0.5, 0.6) is 0 Å². The summed E-state index contributed by atoms with van der Waals surface area (Å²) in [6.45, 7) is 0.514. The number of aliphatic hydroxyl groups is 2. The van der Waals surface area contributed by atoms with Crippen molar-refractivity contribution in [3.8, 4) is 11.1 Å². The largest absolute Gasteiger partial charge is 0.393 e. The lowest BCUT2D eigenvalue weighted by atomic mass is 9.90. The molecule has 1 unspecified atom stereocenters. The molecule has 4 heteroatoms. The van der Waals surface area contributed by atoms with Crippen LogP contribution in [0, 0.1) is 0 Å². The fourth-order valence-corrected chi connectivity index (χ4v) is 4.03. The summed E-state index contributed by atoms with van der Waals surface area (Å²) in [6.07, 6.45) is 1.24. The molecule has 0 aromatic heterocycles. The van der Waals surface area contributed by atoms with Gasteiger partial charge in [0.15, 0.2) is 0 Å². The molecule has 2 aliphatic rings. The quantitative estimate of drug-likeness (QED) is 0.890. The van der Waals surface area contributed by atoms with Gasteiger partial charge in [-0.15, -0.1) is 0 Å². The first-order valence-corrected chi connectivity index (χ1v) is 8.43. The van der Waals surface area contributed by atoms with Gasteiger partial charge in [0, 0.05) is 6.54 Å². The Morgan fingerprint density at radius 3 is 2.25 bits per heavy atom. The average molecular weight is 323 g/mol. The van der Waals surface area contributed by atoms with Gasteiger partial charge in [-0.05, 0) is 35.1 Å². The zero-order valence-electron chi connectivity index (χ0n) is 13.5. The summed E-state index contributed by atoms with van der Waals surface area (Å²) < 4.78 is 0. The van der Waals surface area contributed by atoms with Gasteiger partial charge in [-0.3, -0.25) is 4.79 Å². The summed E-state index contributed by atoms with van der Waals surface area (Å²) in [5.74, 6) is -0.308. The summed E-state index contributed by atoms with van der Waals surface area (Å²) in [4.78, 5) is 15.0. The Balaban J connectivity index is 1.72. The van der Waals surface area contributed by atoms with Gasteiger partial charge in [0.2, 0.25) is 5.91 Å². The highest BCUT2D eigenvalue weighted by atomic mass is 16.3. The lowest BCUT2D eigenvalue weighted by Gasteiger charge is -2.39. The molecular formula is C20H21NO3. The van der Waals surface area contributed by atoms with Crippen LogP contribution in [0.2, 0.25) is 0 Å². The molecule has 4 nitrogen and oxygen atoms in total. The molecular weight excluding hydrogens is 302 g/mol. The van der Waals surface area contributed by atoms with Crippen molar-refractivity contribution in [2.45, 2.75) is 24.4 Å². The minimum Gasteiger partial charge on any atom is -0.393 e. The van der Waals surface area contributed by atoms with Crippen LogP contribution in [-0.2, 0) is 4.79 Å². The number of rotatable bonds is 2. The molecule has 2 aromatic rings. The topological polar surface area (TPSA) is 60.8 Å². The molecule has 1 aliphatic heterocycles. The number of aliphatic hydroxyl groups excluding tert-OH is 1. The summed E-state index contributed by atoms with van der Waals surface area (Å²) in [5, 5.41) is 19.8. The summed E-state index contributed by atoms with van der Waals surface area (Å²) in [6, 6.07) is 16.1. The second-order valence-corrected chi connectivity index (χ2v) is 6.85. The predicted octanol–water partition coefficient (Wildman–Crippen LogP) is 2.14. The van der Waals surface area contributed by atoms with Crippen molar-refractivity contribution in [3.63, 3.8) is 0 Å². The van der Waals surface area contributed by atoms with Crippen molar-refractivity contribution < 1.29 is 15.0 Å². The maximum absolute atomic E-state index is 13.3. The second-order valence-electron chi connectivity index (χ2n) is 6.85. The number of β-amino-alcohol motifs (C(OH)–C–C–N with tert-alkyl or cyclic N) is 1. The van der Waals surface area contributed by atoms with E-state index >= 15 is 0 Å². The molecule has 0 radical (unpaired) electrons. The van der Waals surface area contributed by atoms with Crippen LogP contribution < -0.4 is 0 Å². The fourth-order valence-electron chi connectivity index (χ4n) is 4.03. The van der Waals surface area contributed by atoms with E-state index in [9.17, 15) is 15.0 Å². The standard InChI is InChI=1S/C20H21NO3/c22-13-20(24)10-5-11-21(12-20)19(23)18-16-8-3-1-6-14(16)15-7-2-4-9-17(15)18/h1-4,6-9,18,22,24H,5,10-13H2. The fraction of sp³-hybridized carbons (Fsp3) is 0.350. The SMILES string of the molecule is O=C(C1c2ccccc2-c2ccccc21)N1CCCC(O)(CO)C1. The smallest absolute Gasteiger partial charge is 0.234 e. The van der Waals surface area contributed by atoms with Crippen LogP contribution in [0.3, 0.4) is 0 Å². The van der Waals surface area contributed by atoms with E-state index in [-0.39, 0.29) is 25.0 Å². The van der Waals surface area contributed by atoms with Gasteiger partial charge >= 0.3 is 0 Å². The maximum atomic E-state index is 13.3. The van der Waals surface area contributed by atoms with Gasteiger partial charge in [0.1, 0.15) is 5.60 Å². The Labute approximate surface area is 141 Å². The summed E-state index contributed by atoms with van der Waals surface area (Å²) in [7, 11) is 0. The Morgan fingerprint density at radius 2 is 1.67 bits per heavy atom. The summed E-state index contributed by atoms with van der Waals surface area (Å²) >= 11 is 0. The number of piperidine rings is 1. The zero-order valence-corrected chi connectivity index (χ0v) is 13.5. The number of fused-ring (bicyclic) bond motifs is 3. The van der Waals surface area contributed by atoms with E-state index in [4.69, 9.17) is 0 Å². The number of hydrogen-bond donors (Lipinski definition) is 2. The van der Waals surface area contributed by atoms with Gasteiger partial charge in [-0.2, -0.15) is 0 Å². The van der Waals surface area contributed by atoms with Gasteiger partial charge < -0.3 is 15.1 Å². The van der Waals surface area contributed by atoms with Crippen LogP contribution in [-0.4, -0.2) is 46.3 Å². The highest BCUT2D eigenvalue weighted by Crippen LogP contribution is 2.45. The van der Waals surface area contributed by atoms with Crippen LogP contribution >= 0.6 is 0 Å². The third-order valence-electron chi connectivity index (χ3n) is 5.24. The van der Waals surface area contributed by atoms with Crippen molar-refractivity contribution >= 4 is 5.91 Å². The van der Waals surface area contributed by atoms with Crippen LogP contribution in [0.4, 0.5) is 0 Å². The minimum absolute atomic E-state index is 0.0129. The van der Waals surface area contributed by atoms with Gasteiger partial charge in [-0.25, -0.2) is 0 Å². The van der Waals surface area contributed by atoms with Gasteiger partial charge in [0.05, 0.1) is 19.1 Å². The Morgan fingerprint density at radius 1 is 1.08 bits per heavy atom. The van der Waals surface area contributed by atoms with Crippen molar-refractivity contribution in [2.75, 3.05) is 19.7 Å². The maximum Gasteiger partial charge on any atom is 0.234 e. The monoisotopic (exact) mass is 323 g/mol. The van der Waals surface area contributed by atoms with E-state index < -0.39 is 5.60 Å². The molecule has 4 rings (SSSR count). The van der Waals surface area contributed by atoms with E-state index in [2.05, 4.69) is 12.1 Å². The number of carbonyl (C=O) groups excluding carboxylic acids is 1. The van der Waals surface area contributed by atoms with Crippen molar-refractivity contribution in [3.05, 3.63) is 59.7 Å². The normalized spacial score (nSPS) is 23.0. The van der Waals surface area contributed by atoms with E-state index in [0.717, 1.165) is 22.3 Å². The molecule has 124 valence electrons. The van der Waals surface area contributed by atoms with E-state index in [1.165, 1.54) is 0 Å². The van der Waals surface area contributed by atoms with Gasteiger partial charge in [-0.1, -0.05) is 48.5 Å². The zero-order chi connectivity index (χ0) is 16.7. The lowest BCUT2D eigenvalue weighted by molar-refractivity contribution is -0.141. The summed E-state index contributed by atoms with van der Waals surface area (Å²) in [5.41, 5.74) is 3.11. The van der Waals surface area contributed by atoms with E-state index in [1.807, 2.05) is 36.4 Å². The Kier molecular flexibility index (Phi) is 3.66. The van der Waals surface area contributed by atoms with Crippen LogP contribution in [0.15, 0.2) is 48.5 Å². The van der Waals surface area contributed by atoms with Crippen LogP contribution in [0.1, 0.15) is 29.9 Å². The molecule has 2 aromatic carbocycles. The van der Waals surface area contributed by atoms with E-state index in [1.54, 1.807) is 4.90 Å². The third-order valence-corrected chi connectivity index (χ3v) is 5.24. The van der Waals surface area contributed by atoms with Crippen molar-refractivity contribution in [1.82, 2.24) is 4.90 Å². The first-order chi connectivity index (χ1) is 11.6. The number of nitrogens with zero attached hydrogens (tertiary/aromatic N) is 1. The molecule has 0 bridgehead atoms. The molecule has 24 heavy (non-hydrogen) atoms. The van der Waals surface area contributed by atoms with Gasteiger partial charge in [0.25, 0.3) is 0 Å². The molecule has 1 fully saturated rings. The van der Waals surface area contributed by atoms with Crippen molar-refractivity contribution in [1.29, 1.82) is 0 Å². The third kappa shape index (κ3) is 2.34. The predicted molar refractivity (Wildman–Crippen MR) is 91.6 cm³/mol. The number of likely N-dealkylation sites (tertiary alicyclic amines) is 1. The molecule has 2 N–H and O–H groups in total. The molecule has 0 spiro atoms. The molecule has 1 heterocycles. The minimum atomic E-state index is -1.18. The lowest BCUT2D eigenvalue weighted by Crippen LogP contribution is -2.53. The number of amides is 1. The molecule has 1 atom stereocenters. The van der Waals surface area contributed by atoms with Crippen molar-refractivity contribution in [2.24, 2.45) is 0 Å². The molecule has 1 saturated heterocycles. The number of hydrogen-bond acceptors (Lipinski definition) is 3. The van der Waals surface area contributed by atoms with Crippen LogP contribution in [0.25, 0.3) is 11.1 Å². The number of carbonyl (C=O) groups is 1. The first kappa shape index (κ1) is 15.4. The Bertz CT molecular complexity index is 742. The van der Waals surface area contributed by atoms with E-state index in [0.29, 0.717) is 19.4 Å².